The van der Waals surface area contributed by atoms with Crippen LogP contribution in [0.4, 0.5) is 0 Å². The zero-order valence-electron chi connectivity index (χ0n) is 15.7. The van der Waals surface area contributed by atoms with E-state index in [4.69, 9.17) is 5.11 Å². The molecule has 0 aromatic carbocycles. The summed E-state index contributed by atoms with van der Waals surface area (Å²) in [6.45, 7) is 4.64. The topological polar surface area (TPSA) is 81.2 Å². The number of sulfone groups is 1. The van der Waals surface area contributed by atoms with Gasteiger partial charge in [-0.25, -0.2) is 8.42 Å². The van der Waals surface area contributed by atoms with Crippen molar-refractivity contribution in [2.24, 2.45) is 0 Å². The molecule has 0 aromatic heterocycles. The molecule has 150 valence electrons. The number of β-amino-alcohol motifs (C(OH)–C–C–N with tert-alkyl or cyclic N) is 1. The molecule has 3 aliphatic rings. The molecule has 2 saturated heterocycles. The van der Waals surface area contributed by atoms with Crippen LogP contribution < -0.4 is 0 Å². The second kappa shape index (κ2) is 8.99. The van der Waals surface area contributed by atoms with Crippen molar-refractivity contribution in [3.63, 3.8) is 0 Å². The second-order valence-corrected chi connectivity index (χ2v) is 10.2. The zero-order valence-corrected chi connectivity index (χ0v) is 16.5. The van der Waals surface area contributed by atoms with Crippen LogP contribution in [0.2, 0.25) is 0 Å². The minimum absolute atomic E-state index is 0.106. The minimum atomic E-state index is -3.00. The van der Waals surface area contributed by atoms with E-state index in [1.165, 1.54) is 6.42 Å². The van der Waals surface area contributed by atoms with Gasteiger partial charge < -0.3 is 10.0 Å². The highest BCUT2D eigenvalue weighted by molar-refractivity contribution is 7.91. The Morgan fingerprint density at radius 2 is 1.62 bits per heavy atom. The molecule has 0 bridgehead atoms. The lowest BCUT2D eigenvalue weighted by atomic mass is 9.92. The van der Waals surface area contributed by atoms with Crippen LogP contribution in [0.25, 0.3) is 0 Å². The molecule has 0 aromatic rings. The van der Waals surface area contributed by atoms with Crippen molar-refractivity contribution >= 4 is 15.7 Å². The highest BCUT2D eigenvalue weighted by atomic mass is 32.2. The molecule has 3 fully saturated rings. The second-order valence-electron chi connectivity index (χ2n) is 7.99. The molecular weight excluding hydrogens is 354 g/mol. The van der Waals surface area contributed by atoms with Gasteiger partial charge in [0.25, 0.3) is 0 Å². The summed E-state index contributed by atoms with van der Waals surface area (Å²) >= 11 is 0. The van der Waals surface area contributed by atoms with E-state index in [9.17, 15) is 13.2 Å². The number of carbonyl (C=O) groups is 1. The summed E-state index contributed by atoms with van der Waals surface area (Å²) in [5.74, 6) is 0.461. The lowest BCUT2D eigenvalue weighted by Crippen LogP contribution is -2.54. The van der Waals surface area contributed by atoms with E-state index >= 15 is 0 Å². The molecule has 1 aliphatic carbocycles. The Morgan fingerprint density at radius 1 is 0.962 bits per heavy atom. The summed E-state index contributed by atoms with van der Waals surface area (Å²) in [4.78, 5) is 19.5. The Bertz CT molecular complexity index is 569. The number of hydrogen-bond acceptors (Lipinski definition) is 6. The molecule has 3 rings (SSSR count). The van der Waals surface area contributed by atoms with Crippen molar-refractivity contribution in [3.8, 4) is 0 Å². The average Bonchev–Trinajstić information content (AvgIpc) is 2.97. The monoisotopic (exact) mass is 387 g/mol. The fourth-order valence-electron chi connectivity index (χ4n) is 4.64. The van der Waals surface area contributed by atoms with Gasteiger partial charge in [-0.3, -0.25) is 14.6 Å². The molecule has 1 amide bonds. The Hall–Kier alpha value is -0.700. The quantitative estimate of drug-likeness (QED) is 0.688. The number of carbonyl (C=O) groups excluding carboxylic acids is 1. The molecule has 8 heteroatoms. The van der Waals surface area contributed by atoms with Crippen LogP contribution in [0.3, 0.4) is 0 Å². The molecule has 2 heterocycles. The van der Waals surface area contributed by atoms with Crippen LogP contribution in [-0.2, 0) is 14.6 Å². The predicted molar refractivity (Wildman–Crippen MR) is 101 cm³/mol. The number of amides is 1. The van der Waals surface area contributed by atoms with Gasteiger partial charge in [0.1, 0.15) is 0 Å². The maximum Gasteiger partial charge on any atom is 0.237 e. The maximum atomic E-state index is 13.2. The van der Waals surface area contributed by atoms with Gasteiger partial charge in [-0.15, -0.1) is 0 Å². The summed E-state index contributed by atoms with van der Waals surface area (Å²) in [6.07, 6.45) is 6.09. The first-order valence-corrected chi connectivity index (χ1v) is 11.9. The van der Waals surface area contributed by atoms with Gasteiger partial charge in [0, 0.05) is 44.8 Å². The average molecular weight is 388 g/mol. The van der Waals surface area contributed by atoms with Crippen LogP contribution in [0.15, 0.2) is 0 Å². The molecule has 1 atom stereocenters. The van der Waals surface area contributed by atoms with Crippen molar-refractivity contribution in [1.82, 2.24) is 14.7 Å². The number of aliphatic hydroxyl groups is 1. The van der Waals surface area contributed by atoms with E-state index in [0.717, 1.165) is 51.9 Å². The van der Waals surface area contributed by atoms with Crippen LogP contribution in [-0.4, -0.2) is 104 Å². The van der Waals surface area contributed by atoms with Gasteiger partial charge in [-0.2, -0.15) is 0 Å². The first-order chi connectivity index (χ1) is 12.5. The summed E-state index contributed by atoms with van der Waals surface area (Å²) < 4.78 is 23.9. The molecular formula is C18H33N3O4S. The van der Waals surface area contributed by atoms with Crippen molar-refractivity contribution in [3.05, 3.63) is 0 Å². The smallest absolute Gasteiger partial charge is 0.237 e. The van der Waals surface area contributed by atoms with Gasteiger partial charge in [-0.1, -0.05) is 19.3 Å². The van der Waals surface area contributed by atoms with Gasteiger partial charge in [0.15, 0.2) is 9.84 Å². The summed E-state index contributed by atoms with van der Waals surface area (Å²) in [6, 6.07) is 0.0801. The Kier molecular flexibility index (Phi) is 6.93. The highest BCUT2D eigenvalue weighted by Crippen LogP contribution is 2.28. The summed E-state index contributed by atoms with van der Waals surface area (Å²) in [5.41, 5.74) is 0. The van der Waals surface area contributed by atoms with Gasteiger partial charge in [0.05, 0.1) is 24.7 Å². The van der Waals surface area contributed by atoms with E-state index in [1.807, 2.05) is 4.90 Å². The predicted octanol–water partition coefficient (Wildman–Crippen LogP) is -0.0553. The van der Waals surface area contributed by atoms with Gasteiger partial charge in [-0.05, 0) is 19.3 Å². The van der Waals surface area contributed by atoms with E-state index in [1.54, 1.807) is 0 Å². The normalized spacial score (nSPS) is 28.3. The van der Waals surface area contributed by atoms with Crippen molar-refractivity contribution in [2.45, 2.75) is 50.6 Å². The minimum Gasteiger partial charge on any atom is -0.395 e. The first-order valence-electron chi connectivity index (χ1n) is 10.1. The van der Waals surface area contributed by atoms with Crippen molar-refractivity contribution in [2.75, 3.05) is 57.4 Å². The van der Waals surface area contributed by atoms with Crippen molar-refractivity contribution in [1.29, 1.82) is 0 Å². The highest BCUT2D eigenvalue weighted by Gasteiger charge is 2.38. The number of nitrogens with zero attached hydrogens (tertiary/aromatic N) is 3. The number of aliphatic hydroxyl groups excluding tert-OH is 1. The third kappa shape index (κ3) is 5.18. The fraction of sp³-hybridized carbons (Fsp3) is 0.944. The van der Waals surface area contributed by atoms with E-state index < -0.39 is 9.84 Å². The van der Waals surface area contributed by atoms with Crippen molar-refractivity contribution < 1.29 is 18.3 Å². The molecule has 0 spiro atoms. The lowest BCUT2D eigenvalue weighted by molar-refractivity contribution is -0.138. The third-order valence-electron chi connectivity index (χ3n) is 6.10. The molecule has 7 nitrogen and oxygen atoms in total. The Balaban J connectivity index is 1.61. The molecule has 0 radical (unpaired) electrons. The van der Waals surface area contributed by atoms with Gasteiger partial charge >= 0.3 is 0 Å². The van der Waals surface area contributed by atoms with E-state index in [0.29, 0.717) is 19.5 Å². The zero-order chi connectivity index (χ0) is 18.6. The number of rotatable bonds is 6. The van der Waals surface area contributed by atoms with Crippen LogP contribution in [0.1, 0.15) is 38.5 Å². The van der Waals surface area contributed by atoms with Crippen LogP contribution in [0, 0.1) is 0 Å². The molecule has 2 aliphatic heterocycles. The molecule has 1 N–H and O–H groups in total. The van der Waals surface area contributed by atoms with Crippen LogP contribution in [0.5, 0.6) is 0 Å². The number of piperazine rings is 1. The molecule has 0 unspecified atom stereocenters. The van der Waals surface area contributed by atoms with Crippen LogP contribution >= 0.6 is 0 Å². The maximum absolute atomic E-state index is 13.2. The SMILES string of the molecule is O=C(CN1CCN(CCO)CC1)N(C1CCCCC1)[C@H]1CCS(=O)(=O)C1. The molecule has 26 heavy (non-hydrogen) atoms. The number of hydrogen-bond donors (Lipinski definition) is 1. The lowest BCUT2D eigenvalue weighted by Gasteiger charge is -2.40. The Morgan fingerprint density at radius 3 is 2.19 bits per heavy atom. The van der Waals surface area contributed by atoms with Gasteiger partial charge in [0.2, 0.25) is 5.91 Å². The fourth-order valence-corrected chi connectivity index (χ4v) is 6.36. The standard InChI is InChI=1S/C18H33N3O4S/c22-12-11-19-7-9-20(10-8-19)14-18(23)21(16-4-2-1-3-5-16)17-6-13-26(24,25)15-17/h16-17,22H,1-15H2/t17-/m0/s1. The van der Waals surface area contributed by atoms with E-state index in [2.05, 4.69) is 9.80 Å². The molecule has 1 saturated carbocycles. The summed E-state index contributed by atoms with van der Waals surface area (Å²) in [5, 5.41) is 9.05. The Labute approximate surface area is 157 Å². The largest absolute Gasteiger partial charge is 0.395 e. The van der Waals surface area contributed by atoms with E-state index in [-0.39, 0.29) is 36.1 Å². The third-order valence-corrected chi connectivity index (χ3v) is 7.85. The first kappa shape index (κ1) is 20.0. The summed E-state index contributed by atoms with van der Waals surface area (Å²) in [7, 11) is -3.00.